The maximum absolute atomic E-state index is 13.4. The predicted molar refractivity (Wildman–Crippen MR) is 140 cm³/mol. The predicted octanol–water partition coefficient (Wildman–Crippen LogP) is 6.67. The fraction of sp³-hybridized carbons (Fsp3) is 0.483. The van der Waals surface area contributed by atoms with Gasteiger partial charge in [0.2, 0.25) is 0 Å². The van der Waals surface area contributed by atoms with Crippen molar-refractivity contribution >= 4 is 23.3 Å². The minimum Gasteiger partial charge on any atom is -0.478 e. The zero-order valence-electron chi connectivity index (χ0n) is 21.6. The van der Waals surface area contributed by atoms with E-state index in [2.05, 4.69) is 57.2 Å². The van der Waals surface area contributed by atoms with Crippen molar-refractivity contribution in [2.75, 3.05) is 11.9 Å². The second-order valence-corrected chi connectivity index (χ2v) is 10.7. The molecule has 0 spiro atoms. The third-order valence-corrected chi connectivity index (χ3v) is 6.99. The molecule has 2 aromatic carbocycles. The number of hydrogen-bond acceptors (Lipinski definition) is 4. The molecule has 0 aliphatic heterocycles. The number of para-hydroxylation sites is 1. The number of fused-ring (bicyclic) bond motifs is 1. The van der Waals surface area contributed by atoms with Crippen LogP contribution in [-0.4, -0.2) is 29.3 Å². The van der Waals surface area contributed by atoms with E-state index in [9.17, 15) is 14.7 Å². The number of nitrogens with zero attached hydrogens (tertiary/aromatic N) is 1. The highest BCUT2D eigenvalue weighted by Crippen LogP contribution is 2.46. The number of carbonyl (C=O) groups is 2. The SMILES string of the molecule is CCCCCCON=C(C(=O)Nc1ccccc1C(=O)O)c1ccc2c(c1)C(C)(C)CCC2(C)C. The summed E-state index contributed by atoms with van der Waals surface area (Å²) in [4.78, 5) is 30.6. The molecular weight excluding hydrogens is 440 g/mol. The lowest BCUT2D eigenvalue weighted by molar-refractivity contribution is -0.110. The van der Waals surface area contributed by atoms with Crippen LogP contribution in [0.2, 0.25) is 0 Å². The standard InChI is InChI=1S/C29H38N2O4/c1-6-7-8-11-18-35-31-25(26(32)30-24-13-10-9-12-21(24)27(33)34)20-14-15-22-23(19-20)29(4,5)17-16-28(22,2)3/h9-10,12-15,19H,6-8,11,16-18H2,1-5H3,(H,30,32)(H,33,34). The number of amides is 1. The van der Waals surface area contributed by atoms with Crippen LogP contribution in [0.25, 0.3) is 0 Å². The molecule has 3 rings (SSSR count). The van der Waals surface area contributed by atoms with Crippen molar-refractivity contribution in [2.24, 2.45) is 5.16 Å². The Morgan fingerprint density at radius 3 is 2.34 bits per heavy atom. The highest BCUT2D eigenvalue weighted by molar-refractivity contribution is 6.49. The van der Waals surface area contributed by atoms with Gasteiger partial charge in [-0.3, -0.25) is 4.79 Å². The largest absolute Gasteiger partial charge is 0.478 e. The van der Waals surface area contributed by atoms with E-state index in [0.29, 0.717) is 12.2 Å². The van der Waals surface area contributed by atoms with Gasteiger partial charge in [-0.2, -0.15) is 0 Å². The molecule has 0 aromatic heterocycles. The van der Waals surface area contributed by atoms with Crippen molar-refractivity contribution in [1.82, 2.24) is 0 Å². The third kappa shape index (κ3) is 6.30. The van der Waals surface area contributed by atoms with Crippen LogP contribution >= 0.6 is 0 Å². The molecule has 1 aliphatic carbocycles. The fourth-order valence-corrected chi connectivity index (χ4v) is 4.62. The van der Waals surface area contributed by atoms with Crippen molar-refractivity contribution in [3.63, 3.8) is 0 Å². The van der Waals surface area contributed by atoms with Crippen LogP contribution in [0.15, 0.2) is 47.6 Å². The summed E-state index contributed by atoms with van der Waals surface area (Å²) in [6, 6.07) is 12.4. The molecule has 0 atom stereocenters. The molecular formula is C29H38N2O4. The molecule has 0 radical (unpaired) electrons. The molecule has 0 saturated heterocycles. The molecule has 188 valence electrons. The molecule has 0 saturated carbocycles. The van der Waals surface area contributed by atoms with E-state index in [0.717, 1.165) is 38.5 Å². The van der Waals surface area contributed by atoms with Gasteiger partial charge >= 0.3 is 5.97 Å². The summed E-state index contributed by atoms with van der Waals surface area (Å²) in [5.41, 5.74) is 3.57. The van der Waals surface area contributed by atoms with Gasteiger partial charge in [-0.15, -0.1) is 0 Å². The summed E-state index contributed by atoms with van der Waals surface area (Å²) in [6.45, 7) is 11.5. The minimum atomic E-state index is -1.11. The van der Waals surface area contributed by atoms with E-state index in [1.165, 1.54) is 17.2 Å². The van der Waals surface area contributed by atoms with Crippen molar-refractivity contribution in [3.05, 3.63) is 64.7 Å². The maximum atomic E-state index is 13.4. The van der Waals surface area contributed by atoms with Gasteiger partial charge in [-0.25, -0.2) is 4.79 Å². The summed E-state index contributed by atoms with van der Waals surface area (Å²) < 4.78 is 0. The molecule has 2 aromatic rings. The molecule has 1 amide bonds. The van der Waals surface area contributed by atoms with Crippen LogP contribution in [0.5, 0.6) is 0 Å². The average molecular weight is 479 g/mol. The van der Waals surface area contributed by atoms with Crippen molar-refractivity contribution < 1.29 is 19.5 Å². The zero-order chi connectivity index (χ0) is 25.6. The van der Waals surface area contributed by atoms with E-state index in [4.69, 9.17) is 4.84 Å². The number of carboxylic acids is 1. The van der Waals surface area contributed by atoms with Gasteiger partial charge in [0, 0.05) is 5.56 Å². The first-order valence-corrected chi connectivity index (χ1v) is 12.6. The Morgan fingerprint density at radius 1 is 0.971 bits per heavy atom. The van der Waals surface area contributed by atoms with Gasteiger partial charge in [0.05, 0.1) is 11.3 Å². The number of unbranched alkanes of at least 4 members (excludes halogenated alkanes) is 3. The normalized spacial score (nSPS) is 16.3. The van der Waals surface area contributed by atoms with Crippen molar-refractivity contribution in [2.45, 2.75) is 84.0 Å². The number of anilines is 1. The number of rotatable bonds is 10. The molecule has 0 unspecified atom stereocenters. The summed E-state index contributed by atoms with van der Waals surface area (Å²) in [6.07, 6.45) is 6.31. The Labute approximate surface area is 208 Å². The third-order valence-electron chi connectivity index (χ3n) is 6.99. The molecule has 6 nitrogen and oxygen atoms in total. The van der Waals surface area contributed by atoms with Gasteiger partial charge in [-0.1, -0.05) is 76.9 Å². The molecule has 0 fully saturated rings. The van der Waals surface area contributed by atoms with Gasteiger partial charge in [0.15, 0.2) is 5.71 Å². The lowest BCUT2D eigenvalue weighted by Gasteiger charge is -2.42. The Bertz CT molecular complexity index is 1100. The van der Waals surface area contributed by atoms with Gasteiger partial charge in [0.1, 0.15) is 6.61 Å². The number of hydrogen-bond donors (Lipinski definition) is 2. The summed E-state index contributed by atoms with van der Waals surface area (Å²) in [7, 11) is 0. The van der Waals surface area contributed by atoms with Crippen LogP contribution < -0.4 is 5.32 Å². The van der Waals surface area contributed by atoms with Crippen molar-refractivity contribution in [1.29, 1.82) is 0 Å². The van der Waals surface area contributed by atoms with Crippen molar-refractivity contribution in [3.8, 4) is 0 Å². The van der Waals surface area contributed by atoms with Gasteiger partial charge in [-0.05, 0) is 65.8 Å². The topological polar surface area (TPSA) is 88.0 Å². The van der Waals surface area contributed by atoms with E-state index in [1.54, 1.807) is 18.2 Å². The van der Waals surface area contributed by atoms with Crippen LogP contribution in [0.1, 0.15) is 100 Å². The Balaban J connectivity index is 1.96. The number of oxime groups is 1. The Morgan fingerprint density at radius 2 is 1.66 bits per heavy atom. The lowest BCUT2D eigenvalue weighted by atomic mass is 9.63. The lowest BCUT2D eigenvalue weighted by Crippen LogP contribution is -2.34. The van der Waals surface area contributed by atoms with E-state index in [1.807, 2.05) is 6.07 Å². The number of carbonyl (C=O) groups excluding carboxylic acids is 1. The highest BCUT2D eigenvalue weighted by atomic mass is 16.6. The highest BCUT2D eigenvalue weighted by Gasteiger charge is 2.37. The monoisotopic (exact) mass is 478 g/mol. The molecule has 6 heteroatoms. The summed E-state index contributed by atoms with van der Waals surface area (Å²) in [5, 5.41) is 16.5. The molecule has 0 bridgehead atoms. The van der Waals surface area contributed by atoms with Gasteiger partial charge < -0.3 is 15.3 Å². The Kier molecular flexibility index (Phi) is 8.36. The van der Waals surface area contributed by atoms with Crippen LogP contribution in [0.3, 0.4) is 0 Å². The summed E-state index contributed by atoms with van der Waals surface area (Å²) >= 11 is 0. The minimum absolute atomic E-state index is 0.0222. The second-order valence-electron chi connectivity index (χ2n) is 10.7. The quantitative estimate of drug-likeness (QED) is 0.227. The first kappa shape index (κ1) is 26.5. The molecule has 1 aliphatic rings. The molecule has 35 heavy (non-hydrogen) atoms. The number of nitrogens with one attached hydrogen (secondary N) is 1. The van der Waals surface area contributed by atoms with Crippen LogP contribution in [-0.2, 0) is 20.5 Å². The first-order chi connectivity index (χ1) is 16.6. The fourth-order valence-electron chi connectivity index (χ4n) is 4.62. The molecule has 0 heterocycles. The zero-order valence-corrected chi connectivity index (χ0v) is 21.6. The smallest absolute Gasteiger partial charge is 0.337 e. The number of aromatic carboxylic acids is 1. The van der Waals surface area contributed by atoms with E-state index < -0.39 is 11.9 Å². The number of carboxylic acid groups (broad SMARTS) is 1. The summed E-state index contributed by atoms with van der Waals surface area (Å²) in [5.74, 6) is -1.61. The first-order valence-electron chi connectivity index (χ1n) is 12.6. The number of benzene rings is 2. The maximum Gasteiger partial charge on any atom is 0.337 e. The van der Waals surface area contributed by atoms with E-state index >= 15 is 0 Å². The van der Waals surface area contributed by atoms with Crippen LogP contribution in [0, 0.1) is 0 Å². The van der Waals surface area contributed by atoms with Gasteiger partial charge in [0.25, 0.3) is 5.91 Å². The van der Waals surface area contributed by atoms with E-state index in [-0.39, 0.29) is 27.8 Å². The second kappa shape index (κ2) is 11.1. The van der Waals surface area contributed by atoms with Crippen LogP contribution in [0.4, 0.5) is 5.69 Å². The molecule has 2 N–H and O–H groups in total. The Hall–Kier alpha value is -3.15. The average Bonchev–Trinajstić information content (AvgIpc) is 2.81.